The standard InChI is InChI=1S/C11H12O3/c1-2-8-5-3-4-6-9(8)10(12)7-11(13)14/h3-6H,2,7H2,1H3,(H,13,14). The van der Waals surface area contributed by atoms with Gasteiger partial charge in [0.2, 0.25) is 0 Å². The van der Waals surface area contributed by atoms with E-state index in [2.05, 4.69) is 0 Å². The maximum atomic E-state index is 11.5. The Morgan fingerprint density at radius 3 is 2.50 bits per heavy atom. The highest BCUT2D eigenvalue weighted by molar-refractivity contribution is 6.06. The fourth-order valence-electron chi connectivity index (χ4n) is 1.33. The Bertz CT molecular complexity index is 355. The van der Waals surface area contributed by atoms with Crippen molar-refractivity contribution in [2.24, 2.45) is 0 Å². The van der Waals surface area contributed by atoms with Crippen LogP contribution in [-0.2, 0) is 11.2 Å². The summed E-state index contributed by atoms with van der Waals surface area (Å²) < 4.78 is 0. The van der Waals surface area contributed by atoms with Crippen LogP contribution in [0.15, 0.2) is 24.3 Å². The Morgan fingerprint density at radius 2 is 1.93 bits per heavy atom. The zero-order valence-electron chi connectivity index (χ0n) is 7.99. The molecular formula is C11H12O3. The fourth-order valence-corrected chi connectivity index (χ4v) is 1.33. The van der Waals surface area contributed by atoms with Crippen molar-refractivity contribution in [3.8, 4) is 0 Å². The molecule has 0 atom stereocenters. The number of ketones is 1. The monoisotopic (exact) mass is 192 g/mol. The second-order valence-electron chi connectivity index (χ2n) is 3.00. The van der Waals surface area contributed by atoms with E-state index in [1.54, 1.807) is 12.1 Å². The molecule has 0 heterocycles. The van der Waals surface area contributed by atoms with E-state index in [-0.39, 0.29) is 5.78 Å². The van der Waals surface area contributed by atoms with Crippen LogP contribution in [0, 0.1) is 0 Å². The molecule has 0 radical (unpaired) electrons. The number of hydrogen-bond acceptors (Lipinski definition) is 2. The molecular weight excluding hydrogens is 180 g/mol. The second-order valence-corrected chi connectivity index (χ2v) is 3.00. The molecule has 0 saturated carbocycles. The minimum Gasteiger partial charge on any atom is -0.481 e. The Morgan fingerprint density at radius 1 is 1.29 bits per heavy atom. The normalized spacial score (nSPS) is 9.79. The minimum atomic E-state index is -1.08. The highest BCUT2D eigenvalue weighted by atomic mass is 16.4. The second kappa shape index (κ2) is 4.56. The summed E-state index contributed by atoms with van der Waals surface area (Å²) in [6.07, 6.45) is 0.304. The van der Waals surface area contributed by atoms with Gasteiger partial charge in [-0.05, 0) is 12.0 Å². The number of carbonyl (C=O) groups is 2. The first-order valence-electron chi connectivity index (χ1n) is 4.48. The average molecular weight is 192 g/mol. The predicted octanol–water partition coefficient (Wildman–Crippen LogP) is 1.91. The van der Waals surface area contributed by atoms with Gasteiger partial charge in [0.25, 0.3) is 0 Å². The molecule has 3 nitrogen and oxygen atoms in total. The van der Waals surface area contributed by atoms with Crippen LogP contribution in [-0.4, -0.2) is 16.9 Å². The predicted molar refractivity (Wildman–Crippen MR) is 52.4 cm³/mol. The van der Waals surface area contributed by atoms with Gasteiger partial charge < -0.3 is 5.11 Å². The molecule has 3 heteroatoms. The van der Waals surface area contributed by atoms with Crippen LogP contribution < -0.4 is 0 Å². The Hall–Kier alpha value is -1.64. The van der Waals surface area contributed by atoms with Gasteiger partial charge in [-0.25, -0.2) is 0 Å². The number of rotatable bonds is 4. The van der Waals surface area contributed by atoms with E-state index in [1.165, 1.54) is 0 Å². The van der Waals surface area contributed by atoms with Crippen molar-refractivity contribution in [1.29, 1.82) is 0 Å². The number of benzene rings is 1. The molecule has 1 aromatic carbocycles. The first-order valence-corrected chi connectivity index (χ1v) is 4.48. The number of aliphatic carboxylic acids is 1. The van der Waals surface area contributed by atoms with Crippen molar-refractivity contribution in [3.63, 3.8) is 0 Å². The number of aryl methyl sites for hydroxylation is 1. The van der Waals surface area contributed by atoms with Crippen LogP contribution in [0.2, 0.25) is 0 Å². The topological polar surface area (TPSA) is 54.4 Å². The zero-order valence-corrected chi connectivity index (χ0v) is 7.99. The first-order chi connectivity index (χ1) is 6.65. The number of Topliss-reactive ketones (excluding diaryl/α,β-unsaturated/α-hetero) is 1. The van der Waals surface area contributed by atoms with E-state index in [9.17, 15) is 9.59 Å². The summed E-state index contributed by atoms with van der Waals surface area (Å²) in [7, 11) is 0. The van der Waals surface area contributed by atoms with Crippen LogP contribution in [0.25, 0.3) is 0 Å². The molecule has 0 aliphatic rings. The zero-order chi connectivity index (χ0) is 10.6. The summed E-state index contributed by atoms with van der Waals surface area (Å²) in [6.45, 7) is 1.94. The smallest absolute Gasteiger partial charge is 0.311 e. The lowest BCUT2D eigenvalue weighted by atomic mass is 10.0. The number of hydrogen-bond donors (Lipinski definition) is 1. The number of carboxylic acids is 1. The molecule has 0 aliphatic heterocycles. The number of carboxylic acid groups (broad SMARTS) is 1. The lowest BCUT2D eigenvalue weighted by molar-refractivity contribution is -0.135. The molecule has 0 aromatic heterocycles. The largest absolute Gasteiger partial charge is 0.481 e. The molecule has 1 N–H and O–H groups in total. The quantitative estimate of drug-likeness (QED) is 0.585. The molecule has 0 amide bonds. The lowest BCUT2D eigenvalue weighted by Crippen LogP contribution is -2.09. The van der Waals surface area contributed by atoms with E-state index in [0.717, 1.165) is 12.0 Å². The molecule has 0 fully saturated rings. The van der Waals surface area contributed by atoms with E-state index in [1.807, 2.05) is 19.1 Å². The van der Waals surface area contributed by atoms with Gasteiger partial charge >= 0.3 is 5.97 Å². The SMILES string of the molecule is CCc1ccccc1C(=O)CC(=O)O. The van der Waals surface area contributed by atoms with Crippen LogP contribution >= 0.6 is 0 Å². The third-order valence-electron chi connectivity index (χ3n) is 2.01. The van der Waals surface area contributed by atoms with Gasteiger partial charge in [0.05, 0.1) is 0 Å². The fraction of sp³-hybridized carbons (Fsp3) is 0.273. The maximum absolute atomic E-state index is 11.5. The van der Waals surface area contributed by atoms with Gasteiger partial charge in [0.1, 0.15) is 6.42 Å². The van der Waals surface area contributed by atoms with E-state index < -0.39 is 12.4 Å². The number of carbonyl (C=O) groups excluding carboxylic acids is 1. The van der Waals surface area contributed by atoms with E-state index in [0.29, 0.717) is 5.56 Å². The molecule has 14 heavy (non-hydrogen) atoms. The van der Waals surface area contributed by atoms with Gasteiger partial charge in [-0.2, -0.15) is 0 Å². The summed E-state index contributed by atoms with van der Waals surface area (Å²) in [4.78, 5) is 21.8. The highest BCUT2D eigenvalue weighted by Crippen LogP contribution is 2.11. The molecule has 0 bridgehead atoms. The van der Waals surface area contributed by atoms with Crippen LogP contribution in [0.1, 0.15) is 29.3 Å². The summed E-state index contributed by atoms with van der Waals surface area (Å²) >= 11 is 0. The Labute approximate surface area is 82.4 Å². The van der Waals surface area contributed by atoms with Gasteiger partial charge in [-0.3, -0.25) is 9.59 Å². The highest BCUT2D eigenvalue weighted by Gasteiger charge is 2.12. The Kier molecular flexibility index (Phi) is 3.40. The molecule has 0 unspecified atom stereocenters. The van der Waals surface area contributed by atoms with Crippen molar-refractivity contribution in [2.75, 3.05) is 0 Å². The Balaban J connectivity index is 2.94. The molecule has 0 spiro atoms. The molecule has 1 aromatic rings. The van der Waals surface area contributed by atoms with Crippen LogP contribution in [0.4, 0.5) is 0 Å². The van der Waals surface area contributed by atoms with Crippen molar-refractivity contribution >= 4 is 11.8 Å². The molecule has 1 rings (SSSR count). The molecule has 0 saturated heterocycles. The van der Waals surface area contributed by atoms with Gasteiger partial charge in [-0.1, -0.05) is 31.2 Å². The van der Waals surface area contributed by atoms with Crippen molar-refractivity contribution in [2.45, 2.75) is 19.8 Å². The minimum absolute atomic E-state index is 0.324. The summed E-state index contributed by atoms with van der Waals surface area (Å²) in [5.41, 5.74) is 1.43. The average Bonchev–Trinajstić information content (AvgIpc) is 2.16. The van der Waals surface area contributed by atoms with Crippen LogP contribution in [0.3, 0.4) is 0 Å². The van der Waals surface area contributed by atoms with Gasteiger partial charge in [0.15, 0.2) is 5.78 Å². The summed E-state index contributed by atoms with van der Waals surface area (Å²) in [5, 5.41) is 8.49. The summed E-state index contributed by atoms with van der Waals surface area (Å²) in [5.74, 6) is -1.41. The maximum Gasteiger partial charge on any atom is 0.311 e. The van der Waals surface area contributed by atoms with Crippen molar-refractivity contribution in [1.82, 2.24) is 0 Å². The molecule has 0 aliphatic carbocycles. The van der Waals surface area contributed by atoms with Crippen molar-refractivity contribution in [3.05, 3.63) is 35.4 Å². The summed E-state index contributed by atoms with van der Waals surface area (Å²) in [6, 6.07) is 7.10. The lowest BCUT2D eigenvalue weighted by Gasteiger charge is -2.04. The first kappa shape index (κ1) is 10.4. The van der Waals surface area contributed by atoms with E-state index in [4.69, 9.17) is 5.11 Å². The third kappa shape index (κ3) is 2.42. The van der Waals surface area contributed by atoms with E-state index >= 15 is 0 Å². The van der Waals surface area contributed by atoms with Crippen molar-refractivity contribution < 1.29 is 14.7 Å². The van der Waals surface area contributed by atoms with Gasteiger partial charge in [0, 0.05) is 5.56 Å². The van der Waals surface area contributed by atoms with Gasteiger partial charge in [-0.15, -0.1) is 0 Å². The molecule has 74 valence electrons. The third-order valence-corrected chi connectivity index (χ3v) is 2.01. The van der Waals surface area contributed by atoms with Crippen LogP contribution in [0.5, 0.6) is 0 Å².